The van der Waals surface area contributed by atoms with Crippen molar-refractivity contribution in [3.8, 4) is 0 Å². The molecule has 4 heteroatoms. The lowest BCUT2D eigenvalue weighted by Crippen LogP contribution is -2.42. The van der Waals surface area contributed by atoms with Crippen LogP contribution in [0.15, 0.2) is 30.3 Å². The molecule has 0 aliphatic carbocycles. The second kappa shape index (κ2) is 11.7. The van der Waals surface area contributed by atoms with Crippen molar-refractivity contribution in [2.24, 2.45) is 0 Å². The van der Waals surface area contributed by atoms with Crippen molar-refractivity contribution in [1.29, 1.82) is 0 Å². The summed E-state index contributed by atoms with van der Waals surface area (Å²) in [5, 5.41) is 11.9. The number of carbonyl (C=O) groups is 2. The van der Waals surface area contributed by atoms with E-state index in [0.717, 1.165) is 24.8 Å². The van der Waals surface area contributed by atoms with Crippen LogP contribution in [0.1, 0.15) is 63.9 Å². The Balaban J connectivity index is 2.25. The van der Waals surface area contributed by atoms with Crippen LogP contribution in [-0.2, 0) is 16.0 Å². The minimum Gasteiger partial charge on any atom is -0.480 e. The maximum atomic E-state index is 11.9. The first kappa shape index (κ1) is 19.2. The zero-order valence-corrected chi connectivity index (χ0v) is 14.1. The number of amides is 1. The third-order valence-corrected chi connectivity index (χ3v) is 3.92. The van der Waals surface area contributed by atoms with E-state index in [1.165, 1.54) is 25.7 Å². The molecule has 0 radical (unpaired) electrons. The Bertz CT molecular complexity index is 459. The van der Waals surface area contributed by atoms with Crippen molar-refractivity contribution in [1.82, 2.24) is 5.32 Å². The molecular weight excluding hydrogens is 290 g/mol. The minimum atomic E-state index is -0.984. The molecule has 23 heavy (non-hydrogen) atoms. The topological polar surface area (TPSA) is 66.4 Å². The Hall–Kier alpha value is -1.84. The Morgan fingerprint density at radius 1 is 1.00 bits per heavy atom. The van der Waals surface area contributed by atoms with Gasteiger partial charge in [0.2, 0.25) is 5.91 Å². The third-order valence-electron chi connectivity index (χ3n) is 3.92. The first-order chi connectivity index (χ1) is 11.1. The van der Waals surface area contributed by atoms with Crippen molar-refractivity contribution in [2.45, 2.75) is 70.8 Å². The second-order valence-electron chi connectivity index (χ2n) is 6.02. The van der Waals surface area contributed by atoms with E-state index < -0.39 is 12.0 Å². The van der Waals surface area contributed by atoms with Gasteiger partial charge in [-0.05, 0) is 12.0 Å². The number of benzene rings is 1. The van der Waals surface area contributed by atoms with Crippen LogP contribution in [0, 0.1) is 0 Å². The molecule has 1 aromatic carbocycles. The molecule has 0 aliphatic rings. The maximum Gasteiger partial charge on any atom is 0.326 e. The summed E-state index contributed by atoms with van der Waals surface area (Å²) in [6.07, 6.45) is 8.75. The average molecular weight is 319 g/mol. The number of carboxylic acids is 1. The smallest absolute Gasteiger partial charge is 0.326 e. The number of nitrogens with one attached hydrogen (secondary N) is 1. The maximum absolute atomic E-state index is 11.9. The number of carbonyl (C=O) groups excluding carboxylic acids is 1. The fraction of sp³-hybridized carbons (Fsp3) is 0.579. The Labute approximate surface area is 139 Å². The minimum absolute atomic E-state index is 0.165. The zero-order chi connectivity index (χ0) is 16.9. The van der Waals surface area contributed by atoms with E-state index in [0.29, 0.717) is 12.8 Å². The van der Waals surface area contributed by atoms with Gasteiger partial charge in [0.25, 0.3) is 0 Å². The molecule has 2 N–H and O–H groups in total. The van der Waals surface area contributed by atoms with E-state index in [1.54, 1.807) is 0 Å². The van der Waals surface area contributed by atoms with Crippen LogP contribution in [0.25, 0.3) is 0 Å². The normalized spacial score (nSPS) is 11.9. The molecule has 0 bridgehead atoms. The molecule has 0 saturated heterocycles. The van der Waals surface area contributed by atoms with Crippen LogP contribution in [0.3, 0.4) is 0 Å². The molecule has 1 aromatic rings. The fourth-order valence-corrected chi connectivity index (χ4v) is 2.56. The largest absolute Gasteiger partial charge is 0.480 e. The molecule has 128 valence electrons. The second-order valence-corrected chi connectivity index (χ2v) is 6.02. The molecular formula is C19H29NO3. The molecule has 1 rings (SSSR count). The highest BCUT2D eigenvalue weighted by molar-refractivity contribution is 5.83. The lowest BCUT2D eigenvalue weighted by molar-refractivity contribution is -0.141. The molecule has 0 unspecified atom stereocenters. The molecule has 0 aliphatic heterocycles. The quantitative estimate of drug-likeness (QED) is 0.573. The summed E-state index contributed by atoms with van der Waals surface area (Å²) < 4.78 is 0. The third kappa shape index (κ3) is 9.01. The molecule has 0 aromatic heterocycles. The van der Waals surface area contributed by atoms with Gasteiger partial charge in [-0.15, -0.1) is 0 Å². The number of hydrogen-bond acceptors (Lipinski definition) is 2. The van der Waals surface area contributed by atoms with Gasteiger partial charge in [-0.1, -0.05) is 75.8 Å². The molecule has 1 atom stereocenters. The molecule has 0 spiro atoms. The summed E-state index contributed by atoms with van der Waals surface area (Å²) in [4.78, 5) is 23.2. The highest BCUT2D eigenvalue weighted by atomic mass is 16.4. The average Bonchev–Trinajstić information content (AvgIpc) is 2.54. The summed E-state index contributed by atoms with van der Waals surface area (Å²) >= 11 is 0. The van der Waals surface area contributed by atoms with Crippen molar-refractivity contribution < 1.29 is 14.7 Å². The molecule has 0 heterocycles. The standard InChI is InChI=1S/C19H29NO3/c1-2-3-4-5-6-7-11-14-18(21)20-17(19(22)23)15-16-12-9-8-10-13-16/h8-10,12-13,17H,2-7,11,14-15H2,1H3,(H,20,21)(H,22,23)/t17-/m0/s1. The summed E-state index contributed by atoms with van der Waals surface area (Å²) in [6, 6.07) is 8.52. The van der Waals surface area contributed by atoms with Crippen LogP contribution >= 0.6 is 0 Å². The molecule has 0 fully saturated rings. The van der Waals surface area contributed by atoms with Crippen molar-refractivity contribution in [3.05, 3.63) is 35.9 Å². The number of carboxylic acid groups (broad SMARTS) is 1. The van der Waals surface area contributed by atoms with Gasteiger partial charge in [0, 0.05) is 12.8 Å². The van der Waals surface area contributed by atoms with Gasteiger partial charge in [-0.2, -0.15) is 0 Å². The predicted octanol–water partition coefficient (Wildman–Crippen LogP) is 3.94. The van der Waals surface area contributed by atoms with Crippen LogP contribution in [0.4, 0.5) is 0 Å². The number of unbranched alkanes of at least 4 members (excludes halogenated alkanes) is 6. The Morgan fingerprint density at radius 2 is 1.61 bits per heavy atom. The summed E-state index contributed by atoms with van der Waals surface area (Å²) in [5.41, 5.74) is 0.913. The first-order valence-corrected chi connectivity index (χ1v) is 8.69. The van der Waals surface area contributed by atoms with E-state index in [-0.39, 0.29) is 5.91 Å². The van der Waals surface area contributed by atoms with E-state index >= 15 is 0 Å². The van der Waals surface area contributed by atoms with Crippen molar-refractivity contribution >= 4 is 11.9 Å². The number of hydrogen-bond donors (Lipinski definition) is 2. The van der Waals surface area contributed by atoms with Crippen molar-refractivity contribution in [3.63, 3.8) is 0 Å². The summed E-state index contributed by atoms with van der Waals surface area (Å²) in [6.45, 7) is 2.19. The Morgan fingerprint density at radius 3 is 2.22 bits per heavy atom. The monoisotopic (exact) mass is 319 g/mol. The van der Waals surface area contributed by atoms with Gasteiger partial charge < -0.3 is 10.4 Å². The zero-order valence-electron chi connectivity index (χ0n) is 14.1. The Kier molecular flexibility index (Phi) is 9.76. The number of aliphatic carboxylic acids is 1. The van der Waals surface area contributed by atoms with Gasteiger partial charge in [-0.3, -0.25) is 4.79 Å². The van der Waals surface area contributed by atoms with E-state index in [4.69, 9.17) is 0 Å². The first-order valence-electron chi connectivity index (χ1n) is 8.69. The van der Waals surface area contributed by atoms with Crippen LogP contribution < -0.4 is 5.32 Å². The van der Waals surface area contributed by atoms with E-state index in [9.17, 15) is 14.7 Å². The molecule has 0 saturated carbocycles. The summed E-state index contributed by atoms with van der Waals surface area (Å²) in [7, 11) is 0. The summed E-state index contributed by atoms with van der Waals surface area (Å²) in [5.74, 6) is -1.15. The number of rotatable bonds is 12. The van der Waals surface area contributed by atoms with E-state index in [2.05, 4.69) is 12.2 Å². The highest BCUT2D eigenvalue weighted by Crippen LogP contribution is 2.09. The van der Waals surface area contributed by atoms with Crippen LogP contribution in [-0.4, -0.2) is 23.0 Å². The SMILES string of the molecule is CCCCCCCCCC(=O)N[C@@H](Cc1ccccc1)C(=O)O. The lowest BCUT2D eigenvalue weighted by Gasteiger charge is -2.14. The van der Waals surface area contributed by atoms with Gasteiger partial charge in [0.05, 0.1) is 0 Å². The van der Waals surface area contributed by atoms with Crippen molar-refractivity contribution in [2.75, 3.05) is 0 Å². The van der Waals surface area contributed by atoms with Gasteiger partial charge in [0.1, 0.15) is 6.04 Å². The van der Waals surface area contributed by atoms with Gasteiger partial charge in [-0.25, -0.2) is 4.79 Å². The van der Waals surface area contributed by atoms with E-state index in [1.807, 2.05) is 30.3 Å². The molecule has 4 nitrogen and oxygen atoms in total. The fourth-order valence-electron chi connectivity index (χ4n) is 2.56. The van der Waals surface area contributed by atoms with Gasteiger partial charge in [0.15, 0.2) is 0 Å². The molecule has 1 amide bonds. The highest BCUT2D eigenvalue weighted by Gasteiger charge is 2.19. The predicted molar refractivity (Wildman–Crippen MR) is 92.3 cm³/mol. The van der Waals surface area contributed by atoms with Gasteiger partial charge >= 0.3 is 5.97 Å². The van der Waals surface area contributed by atoms with Crippen LogP contribution in [0.2, 0.25) is 0 Å². The lowest BCUT2D eigenvalue weighted by atomic mass is 10.1. The van der Waals surface area contributed by atoms with Crippen LogP contribution in [0.5, 0.6) is 0 Å².